The van der Waals surface area contributed by atoms with Gasteiger partial charge in [-0.25, -0.2) is 5.43 Å². The largest absolute Gasteiger partial charge is 0.493 e. The number of benzene rings is 2. The maximum absolute atomic E-state index is 12.4. The highest BCUT2D eigenvalue weighted by molar-refractivity contribution is 6.32. The van der Waals surface area contributed by atoms with Gasteiger partial charge in [0, 0.05) is 5.56 Å². The molecular weight excluding hydrogens is 396 g/mol. The summed E-state index contributed by atoms with van der Waals surface area (Å²) in [6, 6.07) is 8.23. The molecule has 0 heterocycles. The van der Waals surface area contributed by atoms with E-state index >= 15 is 0 Å². The van der Waals surface area contributed by atoms with Crippen molar-refractivity contribution < 1.29 is 23.7 Å². The average molecular weight is 419 g/mol. The van der Waals surface area contributed by atoms with Crippen molar-refractivity contribution in [3.05, 3.63) is 59.1 Å². The smallest absolute Gasteiger partial charge is 0.271 e. The number of nitrogens with zero attached hydrogens (tertiary/aromatic N) is 1. The van der Waals surface area contributed by atoms with Crippen LogP contribution in [0, 0.1) is 0 Å². The molecule has 0 saturated heterocycles. The minimum atomic E-state index is -0.395. The van der Waals surface area contributed by atoms with Crippen molar-refractivity contribution in [1.29, 1.82) is 0 Å². The number of carbonyl (C=O) groups excluding carboxylic acids is 1. The number of hydrogen-bond donors (Lipinski definition) is 1. The van der Waals surface area contributed by atoms with Gasteiger partial charge in [-0.2, -0.15) is 5.10 Å². The Morgan fingerprint density at radius 1 is 1.14 bits per heavy atom. The van der Waals surface area contributed by atoms with E-state index in [1.165, 1.54) is 20.4 Å². The Morgan fingerprint density at radius 2 is 1.90 bits per heavy atom. The van der Waals surface area contributed by atoms with Crippen LogP contribution in [0.3, 0.4) is 0 Å². The minimum Gasteiger partial charge on any atom is -0.493 e. The predicted octanol–water partition coefficient (Wildman–Crippen LogP) is 4.08. The normalized spacial score (nSPS) is 10.5. The standard InChI is InChI=1S/C21H23ClN2O5/c1-5-9-29-20-16(22)10-14(11-19(20)27-4)13-23-24-21(25)15-7-8-17(26-3)18(12-15)28-6-2/h5,7-8,10-13H,1,6,9H2,2-4H3,(H,24,25)/b23-13+. The van der Waals surface area contributed by atoms with E-state index in [1.54, 1.807) is 36.4 Å². The second kappa shape index (κ2) is 11.0. The molecule has 7 nitrogen and oxygen atoms in total. The molecular formula is C21H23ClN2O5. The van der Waals surface area contributed by atoms with Crippen molar-refractivity contribution in [3.63, 3.8) is 0 Å². The second-order valence-electron chi connectivity index (χ2n) is 5.63. The number of nitrogens with one attached hydrogen (secondary N) is 1. The van der Waals surface area contributed by atoms with E-state index in [4.69, 9.17) is 30.5 Å². The summed E-state index contributed by atoms with van der Waals surface area (Å²) in [5, 5.41) is 4.33. The molecule has 2 aromatic rings. The third-order valence-corrected chi connectivity index (χ3v) is 3.98. The van der Waals surface area contributed by atoms with Crippen molar-refractivity contribution in [1.82, 2.24) is 5.43 Å². The maximum Gasteiger partial charge on any atom is 0.271 e. The van der Waals surface area contributed by atoms with E-state index < -0.39 is 5.91 Å². The van der Waals surface area contributed by atoms with E-state index in [9.17, 15) is 4.79 Å². The van der Waals surface area contributed by atoms with Gasteiger partial charge in [0.15, 0.2) is 23.0 Å². The van der Waals surface area contributed by atoms with Gasteiger partial charge in [0.25, 0.3) is 5.91 Å². The zero-order chi connectivity index (χ0) is 21.2. The molecule has 2 rings (SSSR count). The highest BCUT2D eigenvalue weighted by atomic mass is 35.5. The van der Waals surface area contributed by atoms with Gasteiger partial charge in [0.2, 0.25) is 0 Å². The molecule has 0 aromatic heterocycles. The van der Waals surface area contributed by atoms with Crippen LogP contribution in [-0.2, 0) is 0 Å². The van der Waals surface area contributed by atoms with Gasteiger partial charge in [0.05, 0.1) is 32.1 Å². The predicted molar refractivity (Wildman–Crippen MR) is 113 cm³/mol. The van der Waals surface area contributed by atoms with Gasteiger partial charge in [-0.1, -0.05) is 24.3 Å². The lowest BCUT2D eigenvalue weighted by molar-refractivity contribution is 0.0954. The van der Waals surface area contributed by atoms with Crippen molar-refractivity contribution in [2.75, 3.05) is 27.4 Å². The molecule has 0 saturated carbocycles. The Morgan fingerprint density at radius 3 is 2.55 bits per heavy atom. The zero-order valence-electron chi connectivity index (χ0n) is 16.5. The van der Waals surface area contributed by atoms with E-state index in [0.717, 1.165) is 0 Å². The Hall–Kier alpha value is -3.19. The SMILES string of the molecule is C=CCOc1c(Cl)cc(/C=N/NC(=O)c2ccc(OC)c(OCC)c2)cc1OC. The Kier molecular flexibility index (Phi) is 8.36. The lowest BCUT2D eigenvalue weighted by atomic mass is 10.2. The number of rotatable bonds is 10. The Labute approximate surface area is 174 Å². The average Bonchev–Trinajstić information content (AvgIpc) is 2.72. The van der Waals surface area contributed by atoms with Crippen LogP contribution in [-0.4, -0.2) is 39.6 Å². The molecule has 0 radical (unpaired) electrons. The first-order chi connectivity index (χ1) is 14.0. The molecule has 1 N–H and O–H groups in total. The summed E-state index contributed by atoms with van der Waals surface area (Å²) in [4.78, 5) is 12.4. The van der Waals surface area contributed by atoms with Crippen molar-refractivity contribution in [2.24, 2.45) is 5.10 Å². The van der Waals surface area contributed by atoms with Gasteiger partial charge in [-0.05, 0) is 42.8 Å². The number of halogens is 1. The van der Waals surface area contributed by atoms with E-state index in [2.05, 4.69) is 17.1 Å². The summed E-state index contributed by atoms with van der Waals surface area (Å²) < 4.78 is 21.5. The van der Waals surface area contributed by atoms with Crippen LogP contribution < -0.4 is 24.4 Å². The summed E-state index contributed by atoms with van der Waals surface area (Å²) in [6.07, 6.45) is 3.06. The van der Waals surface area contributed by atoms with Crippen LogP contribution in [0.25, 0.3) is 0 Å². The van der Waals surface area contributed by atoms with Gasteiger partial charge in [-0.15, -0.1) is 0 Å². The number of hydrazone groups is 1. The molecule has 0 aliphatic heterocycles. The fourth-order valence-corrected chi connectivity index (χ4v) is 2.69. The summed E-state index contributed by atoms with van der Waals surface area (Å²) >= 11 is 6.25. The monoisotopic (exact) mass is 418 g/mol. The van der Waals surface area contributed by atoms with E-state index in [1.807, 2.05) is 6.92 Å². The minimum absolute atomic E-state index is 0.297. The fourth-order valence-electron chi connectivity index (χ4n) is 2.41. The highest BCUT2D eigenvalue weighted by Crippen LogP contribution is 2.36. The molecule has 2 aromatic carbocycles. The Balaban J connectivity index is 2.13. The Bertz CT molecular complexity index is 899. The van der Waals surface area contributed by atoms with Crippen molar-refractivity contribution in [2.45, 2.75) is 6.92 Å². The topological polar surface area (TPSA) is 78.4 Å². The van der Waals surface area contributed by atoms with Gasteiger partial charge in [0.1, 0.15) is 6.61 Å². The van der Waals surface area contributed by atoms with Gasteiger partial charge in [-0.3, -0.25) is 4.79 Å². The molecule has 0 aliphatic carbocycles. The summed E-state index contributed by atoms with van der Waals surface area (Å²) in [5.41, 5.74) is 3.48. The van der Waals surface area contributed by atoms with Crippen LogP contribution >= 0.6 is 11.6 Å². The molecule has 0 spiro atoms. The molecule has 154 valence electrons. The summed E-state index contributed by atoms with van der Waals surface area (Å²) in [7, 11) is 3.05. The maximum atomic E-state index is 12.4. The number of methoxy groups -OCH3 is 2. The highest BCUT2D eigenvalue weighted by Gasteiger charge is 2.12. The van der Waals surface area contributed by atoms with E-state index in [0.29, 0.717) is 52.4 Å². The van der Waals surface area contributed by atoms with Crippen LogP contribution in [0.4, 0.5) is 0 Å². The van der Waals surface area contributed by atoms with Gasteiger partial charge < -0.3 is 18.9 Å². The molecule has 0 unspecified atom stereocenters. The molecule has 8 heteroatoms. The first-order valence-electron chi connectivity index (χ1n) is 8.79. The molecule has 1 amide bonds. The first-order valence-corrected chi connectivity index (χ1v) is 9.17. The molecule has 29 heavy (non-hydrogen) atoms. The quantitative estimate of drug-likeness (QED) is 0.357. The summed E-state index contributed by atoms with van der Waals surface area (Å²) in [6.45, 7) is 6.20. The lowest BCUT2D eigenvalue weighted by Crippen LogP contribution is -2.17. The van der Waals surface area contributed by atoms with Crippen molar-refractivity contribution in [3.8, 4) is 23.0 Å². The third kappa shape index (κ3) is 5.89. The summed E-state index contributed by atoms with van der Waals surface area (Å²) in [5.74, 6) is 1.50. The van der Waals surface area contributed by atoms with Crippen molar-refractivity contribution >= 4 is 23.7 Å². The number of carbonyl (C=O) groups is 1. The number of amides is 1. The molecule has 0 bridgehead atoms. The number of ether oxygens (including phenoxy) is 4. The second-order valence-corrected chi connectivity index (χ2v) is 6.04. The zero-order valence-corrected chi connectivity index (χ0v) is 17.3. The lowest BCUT2D eigenvalue weighted by Gasteiger charge is -2.12. The first kappa shape index (κ1) is 22.1. The third-order valence-electron chi connectivity index (χ3n) is 3.70. The van der Waals surface area contributed by atoms with Crippen LogP contribution in [0.1, 0.15) is 22.8 Å². The molecule has 0 aliphatic rings. The van der Waals surface area contributed by atoms with Crippen LogP contribution in [0.2, 0.25) is 5.02 Å². The van der Waals surface area contributed by atoms with Gasteiger partial charge >= 0.3 is 0 Å². The number of hydrogen-bond acceptors (Lipinski definition) is 6. The van der Waals surface area contributed by atoms with Crippen LogP contribution in [0.15, 0.2) is 48.1 Å². The molecule has 0 fully saturated rings. The molecule has 0 atom stereocenters. The van der Waals surface area contributed by atoms with Crippen LogP contribution in [0.5, 0.6) is 23.0 Å². The fraction of sp³-hybridized carbons (Fsp3) is 0.238. The van der Waals surface area contributed by atoms with E-state index in [-0.39, 0.29) is 0 Å².